The molecule has 5 unspecified atom stereocenters. The summed E-state index contributed by atoms with van der Waals surface area (Å²) in [6, 6.07) is 0. The molecule has 0 aliphatic heterocycles. The summed E-state index contributed by atoms with van der Waals surface area (Å²) in [5.41, 5.74) is 3.04. The molecule has 0 saturated heterocycles. The number of allylic oxidation sites excluding steroid dienone is 1. The molecule has 70 valence electrons. The van der Waals surface area contributed by atoms with Crippen molar-refractivity contribution in [2.24, 2.45) is 28.6 Å². The van der Waals surface area contributed by atoms with Crippen molar-refractivity contribution in [3.8, 4) is 0 Å². The fraction of sp³-hybridized carbons (Fsp3) is 0.846. The minimum atomic E-state index is 0.622. The molecule has 4 aliphatic carbocycles. The minimum Gasteiger partial charge on any atom is -0.0996 e. The number of hydrogen-bond acceptors (Lipinski definition) is 0. The van der Waals surface area contributed by atoms with Gasteiger partial charge < -0.3 is 0 Å². The van der Waals surface area contributed by atoms with Crippen LogP contribution in [0.5, 0.6) is 0 Å². The first-order chi connectivity index (χ1) is 6.16. The van der Waals surface area contributed by atoms with E-state index < -0.39 is 0 Å². The molecular formula is C13H18. The zero-order valence-corrected chi connectivity index (χ0v) is 8.47. The number of hydrogen-bond donors (Lipinski definition) is 0. The molecule has 1 spiro atoms. The molecule has 0 heteroatoms. The second-order valence-corrected chi connectivity index (χ2v) is 6.38. The van der Waals surface area contributed by atoms with Crippen molar-refractivity contribution in [2.75, 3.05) is 0 Å². The zero-order valence-electron chi connectivity index (χ0n) is 8.47. The van der Waals surface area contributed by atoms with Crippen LogP contribution in [-0.4, -0.2) is 0 Å². The fourth-order valence-corrected chi connectivity index (χ4v) is 5.22. The van der Waals surface area contributed by atoms with E-state index in [1.165, 1.54) is 24.8 Å². The summed E-state index contributed by atoms with van der Waals surface area (Å²) in [5.74, 6) is 3.38. The van der Waals surface area contributed by atoms with Gasteiger partial charge in [0.25, 0.3) is 0 Å². The van der Waals surface area contributed by atoms with Gasteiger partial charge in [0.2, 0.25) is 0 Å². The van der Waals surface area contributed by atoms with Gasteiger partial charge in [-0.15, -0.1) is 0 Å². The van der Waals surface area contributed by atoms with Crippen LogP contribution in [0, 0.1) is 28.6 Å². The van der Waals surface area contributed by atoms with Crippen LogP contribution in [-0.2, 0) is 0 Å². The van der Waals surface area contributed by atoms with Gasteiger partial charge in [0.15, 0.2) is 0 Å². The summed E-state index contributed by atoms with van der Waals surface area (Å²) < 4.78 is 0. The lowest BCUT2D eigenvalue weighted by molar-refractivity contribution is 0.0492. The lowest BCUT2D eigenvalue weighted by atomic mass is 9.60. The number of rotatable bonds is 1. The van der Waals surface area contributed by atoms with Crippen LogP contribution in [0.4, 0.5) is 0 Å². The Labute approximate surface area is 80.4 Å². The average molecular weight is 174 g/mol. The topological polar surface area (TPSA) is 0 Å². The van der Waals surface area contributed by atoms with Gasteiger partial charge >= 0.3 is 0 Å². The lowest BCUT2D eigenvalue weighted by Crippen LogP contribution is -2.37. The van der Waals surface area contributed by atoms with E-state index in [0.29, 0.717) is 5.41 Å². The molecule has 4 saturated carbocycles. The standard InChI is InChI=1S/C13H18/c1-8(2)12-3-9-4-13(11(9)7-12)6-10(13)5-12/h9-11H,1,3-7H2,2H3. The molecule has 5 atom stereocenters. The Morgan fingerprint density at radius 1 is 1.15 bits per heavy atom. The van der Waals surface area contributed by atoms with Gasteiger partial charge in [-0.3, -0.25) is 0 Å². The van der Waals surface area contributed by atoms with E-state index in [-0.39, 0.29) is 0 Å². The van der Waals surface area contributed by atoms with Crippen molar-refractivity contribution >= 4 is 0 Å². The van der Waals surface area contributed by atoms with Crippen LogP contribution in [0.15, 0.2) is 12.2 Å². The van der Waals surface area contributed by atoms with Crippen molar-refractivity contribution in [2.45, 2.75) is 39.0 Å². The Kier molecular flexibility index (Phi) is 0.894. The summed E-state index contributed by atoms with van der Waals surface area (Å²) in [7, 11) is 0. The molecular weight excluding hydrogens is 156 g/mol. The third kappa shape index (κ3) is 0.556. The van der Waals surface area contributed by atoms with E-state index in [0.717, 1.165) is 23.2 Å². The molecule has 4 rings (SSSR count). The first-order valence-electron chi connectivity index (χ1n) is 5.82. The Morgan fingerprint density at radius 2 is 2.00 bits per heavy atom. The molecule has 0 aromatic rings. The SMILES string of the molecule is C=C(C)C12CC3CC4(CC4C1)C3C2. The van der Waals surface area contributed by atoms with E-state index >= 15 is 0 Å². The number of fused-ring (bicyclic) bond motifs is 1. The summed E-state index contributed by atoms with van der Waals surface area (Å²) in [5, 5.41) is 0. The summed E-state index contributed by atoms with van der Waals surface area (Å²) >= 11 is 0. The maximum Gasteiger partial charge on any atom is -0.00850 e. The van der Waals surface area contributed by atoms with Crippen molar-refractivity contribution in [3.63, 3.8) is 0 Å². The predicted molar refractivity (Wildman–Crippen MR) is 53.2 cm³/mol. The Bertz CT molecular complexity index is 312. The molecule has 0 N–H and O–H groups in total. The molecule has 0 aromatic carbocycles. The van der Waals surface area contributed by atoms with E-state index in [1.54, 1.807) is 12.8 Å². The van der Waals surface area contributed by atoms with E-state index in [4.69, 9.17) is 0 Å². The maximum absolute atomic E-state index is 4.25. The van der Waals surface area contributed by atoms with Gasteiger partial charge in [-0.25, -0.2) is 0 Å². The van der Waals surface area contributed by atoms with Crippen LogP contribution >= 0.6 is 0 Å². The van der Waals surface area contributed by atoms with E-state index in [2.05, 4.69) is 13.5 Å². The molecule has 4 fully saturated rings. The van der Waals surface area contributed by atoms with Gasteiger partial charge in [0.05, 0.1) is 0 Å². The first kappa shape index (κ1) is 7.09. The van der Waals surface area contributed by atoms with Crippen LogP contribution in [0.2, 0.25) is 0 Å². The smallest absolute Gasteiger partial charge is 0.00850 e. The Balaban J connectivity index is 1.81. The zero-order chi connectivity index (χ0) is 8.84. The average Bonchev–Trinajstić information content (AvgIpc) is 2.68. The molecule has 2 bridgehead atoms. The van der Waals surface area contributed by atoms with Crippen LogP contribution in [0.1, 0.15) is 39.0 Å². The molecule has 0 radical (unpaired) electrons. The van der Waals surface area contributed by atoms with Crippen LogP contribution in [0.25, 0.3) is 0 Å². The highest BCUT2D eigenvalue weighted by Gasteiger charge is 2.76. The highest BCUT2D eigenvalue weighted by molar-refractivity contribution is 5.30. The Morgan fingerprint density at radius 3 is 2.77 bits per heavy atom. The normalized spacial score (nSPS) is 65.5. The van der Waals surface area contributed by atoms with Gasteiger partial charge in [-0.1, -0.05) is 12.2 Å². The molecule has 0 nitrogen and oxygen atoms in total. The largest absolute Gasteiger partial charge is 0.0996 e. The van der Waals surface area contributed by atoms with Crippen molar-refractivity contribution in [1.82, 2.24) is 0 Å². The van der Waals surface area contributed by atoms with Gasteiger partial charge in [0.1, 0.15) is 0 Å². The van der Waals surface area contributed by atoms with Crippen molar-refractivity contribution in [3.05, 3.63) is 12.2 Å². The van der Waals surface area contributed by atoms with E-state index in [9.17, 15) is 0 Å². The van der Waals surface area contributed by atoms with E-state index in [1.807, 2.05) is 0 Å². The van der Waals surface area contributed by atoms with Crippen LogP contribution < -0.4 is 0 Å². The second-order valence-electron chi connectivity index (χ2n) is 6.38. The molecule has 0 aromatic heterocycles. The van der Waals surface area contributed by atoms with Gasteiger partial charge in [-0.2, -0.15) is 0 Å². The van der Waals surface area contributed by atoms with Gasteiger partial charge in [0, 0.05) is 0 Å². The molecule has 0 heterocycles. The minimum absolute atomic E-state index is 0.622. The highest BCUT2D eigenvalue weighted by atomic mass is 14.8. The molecule has 0 amide bonds. The summed E-state index contributed by atoms with van der Waals surface area (Å²) in [4.78, 5) is 0. The maximum atomic E-state index is 4.25. The quantitative estimate of drug-likeness (QED) is 0.534. The van der Waals surface area contributed by atoms with Crippen molar-refractivity contribution in [1.29, 1.82) is 0 Å². The lowest BCUT2D eigenvalue weighted by Gasteiger charge is -2.44. The van der Waals surface area contributed by atoms with Crippen LogP contribution in [0.3, 0.4) is 0 Å². The summed E-state index contributed by atoms with van der Waals surface area (Å²) in [6.45, 7) is 6.53. The summed E-state index contributed by atoms with van der Waals surface area (Å²) in [6.07, 6.45) is 7.71. The van der Waals surface area contributed by atoms with Gasteiger partial charge in [-0.05, 0) is 67.6 Å². The Hall–Kier alpha value is -0.260. The molecule has 13 heavy (non-hydrogen) atoms. The third-order valence-electron chi connectivity index (χ3n) is 6.04. The predicted octanol–water partition coefficient (Wildman–Crippen LogP) is 3.39. The second kappa shape index (κ2) is 1.64. The molecule has 4 aliphatic rings. The van der Waals surface area contributed by atoms with Crippen molar-refractivity contribution < 1.29 is 0 Å². The highest BCUT2D eigenvalue weighted by Crippen LogP contribution is 2.84. The fourth-order valence-electron chi connectivity index (χ4n) is 5.22. The first-order valence-corrected chi connectivity index (χ1v) is 5.82. The third-order valence-corrected chi connectivity index (χ3v) is 6.04. The monoisotopic (exact) mass is 174 g/mol.